The van der Waals surface area contributed by atoms with Gasteiger partial charge in [0.1, 0.15) is 0 Å². The van der Waals surface area contributed by atoms with Crippen molar-refractivity contribution in [3.8, 4) is 11.5 Å². The van der Waals surface area contributed by atoms with Crippen molar-refractivity contribution in [2.24, 2.45) is 5.92 Å². The fourth-order valence-electron chi connectivity index (χ4n) is 3.26. The van der Waals surface area contributed by atoms with Crippen molar-refractivity contribution in [3.05, 3.63) is 23.3 Å². The number of fused-ring (bicyclic) bond motifs is 2. The van der Waals surface area contributed by atoms with Gasteiger partial charge in [0.2, 0.25) is 6.79 Å². The van der Waals surface area contributed by atoms with Gasteiger partial charge < -0.3 is 14.8 Å². The third kappa shape index (κ3) is 2.57. The first kappa shape index (κ1) is 12.8. The first-order valence-electron chi connectivity index (χ1n) is 7.43. The summed E-state index contributed by atoms with van der Waals surface area (Å²) in [6, 6.07) is 4.84. The van der Waals surface area contributed by atoms with Crippen molar-refractivity contribution in [1.82, 2.24) is 5.32 Å². The average Bonchev–Trinajstić information content (AvgIpc) is 2.84. The number of hydrogen-bond donors (Lipinski definition) is 1. The number of nitrogens with one attached hydrogen (secondary N) is 1. The van der Waals surface area contributed by atoms with E-state index in [4.69, 9.17) is 9.47 Å². The molecule has 0 saturated carbocycles. The maximum atomic E-state index is 5.52. The molecule has 3 rings (SSSR count). The minimum atomic E-state index is 0.364. The molecule has 1 aromatic rings. The predicted molar refractivity (Wildman–Crippen MR) is 75.7 cm³/mol. The lowest BCUT2D eigenvalue weighted by Gasteiger charge is -2.29. The number of ether oxygens (including phenoxy) is 2. The van der Waals surface area contributed by atoms with Gasteiger partial charge in [-0.3, -0.25) is 0 Å². The summed E-state index contributed by atoms with van der Waals surface area (Å²) in [6.45, 7) is 6.04. The lowest BCUT2D eigenvalue weighted by atomic mass is 9.87. The van der Waals surface area contributed by atoms with Gasteiger partial charge in [0.25, 0.3) is 0 Å². The Balaban J connectivity index is 1.83. The Kier molecular flexibility index (Phi) is 3.65. The Morgan fingerprint density at radius 3 is 2.89 bits per heavy atom. The largest absolute Gasteiger partial charge is 0.454 e. The van der Waals surface area contributed by atoms with Crippen LogP contribution >= 0.6 is 0 Å². The molecule has 0 radical (unpaired) electrons. The summed E-state index contributed by atoms with van der Waals surface area (Å²) in [7, 11) is 0. The van der Waals surface area contributed by atoms with Gasteiger partial charge in [0.15, 0.2) is 11.5 Å². The normalized spacial score (nSPS) is 22.1. The zero-order valence-corrected chi connectivity index (χ0v) is 11.9. The van der Waals surface area contributed by atoms with Crippen LogP contribution in [0.25, 0.3) is 0 Å². The van der Waals surface area contributed by atoms with E-state index in [0.717, 1.165) is 30.4 Å². The van der Waals surface area contributed by atoms with Crippen LogP contribution in [-0.2, 0) is 6.42 Å². The Labute approximate surface area is 115 Å². The minimum absolute atomic E-state index is 0.364. The first-order valence-corrected chi connectivity index (χ1v) is 7.43. The van der Waals surface area contributed by atoms with Crippen LogP contribution in [0.5, 0.6) is 11.5 Å². The molecule has 1 aromatic carbocycles. The number of rotatable bonds is 4. The van der Waals surface area contributed by atoms with E-state index in [9.17, 15) is 0 Å². The maximum Gasteiger partial charge on any atom is 0.231 e. The molecule has 19 heavy (non-hydrogen) atoms. The Hall–Kier alpha value is -1.22. The summed E-state index contributed by atoms with van der Waals surface area (Å²) in [5.74, 6) is 2.59. The Morgan fingerprint density at radius 2 is 2.11 bits per heavy atom. The third-order valence-electron chi connectivity index (χ3n) is 4.21. The molecule has 2 unspecified atom stereocenters. The van der Waals surface area contributed by atoms with Crippen LogP contribution in [-0.4, -0.2) is 13.3 Å². The van der Waals surface area contributed by atoms with Gasteiger partial charge in [-0.25, -0.2) is 0 Å². The molecule has 0 amide bonds. The van der Waals surface area contributed by atoms with Crippen LogP contribution in [0.15, 0.2) is 12.1 Å². The second-order valence-electron chi connectivity index (χ2n) is 5.79. The van der Waals surface area contributed by atoms with Gasteiger partial charge in [-0.15, -0.1) is 0 Å². The number of benzene rings is 1. The topological polar surface area (TPSA) is 30.5 Å². The number of hydrogen-bond acceptors (Lipinski definition) is 3. The summed E-state index contributed by atoms with van der Waals surface area (Å²) in [5.41, 5.74) is 2.84. The van der Waals surface area contributed by atoms with E-state index in [1.54, 1.807) is 0 Å². The van der Waals surface area contributed by atoms with Crippen LogP contribution in [0.4, 0.5) is 0 Å². The second kappa shape index (κ2) is 5.41. The van der Waals surface area contributed by atoms with Crippen molar-refractivity contribution in [1.29, 1.82) is 0 Å². The van der Waals surface area contributed by atoms with Gasteiger partial charge in [-0.2, -0.15) is 0 Å². The van der Waals surface area contributed by atoms with E-state index >= 15 is 0 Å². The average molecular weight is 261 g/mol. The molecule has 3 heteroatoms. The summed E-state index contributed by atoms with van der Waals surface area (Å²) >= 11 is 0. The monoisotopic (exact) mass is 261 g/mol. The molecule has 0 aromatic heterocycles. The van der Waals surface area contributed by atoms with Gasteiger partial charge >= 0.3 is 0 Å². The molecule has 2 atom stereocenters. The molecule has 104 valence electrons. The van der Waals surface area contributed by atoms with Gasteiger partial charge in [0, 0.05) is 6.04 Å². The van der Waals surface area contributed by atoms with Crippen molar-refractivity contribution in [2.45, 2.75) is 45.6 Å². The lowest BCUT2D eigenvalue weighted by Crippen LogP contribution is -2.31. The zero-order chi connectivity index (χ0) is 13.2. The molecule has 0 bridgehead atoms. The third-order valence-corrected chi connectivity index (χ3v) is 4.21. The van der Waals surface area contributed by atoms with E-state index < -0.39 is 0 Å². The lowest BCUT2D eigenvalue weighted by molar-refractivity contribution is 0.174. The van der Waals surface area contributed by atoms with Crippen LogP contribution in [0.1, 0.15) is 50.3 Å². The van der Waals surface area contributed by atoms with Crippen LogP contribution < -0.4 is 14.8 Å². The van der Waals surface area contributed by atoms with Crippen molar-refractivity contribution < 1.29 is 9.47 Å². The fraction of sp³-hybridized carbons (Fsp3) is 0.625. The smallest absolute Gasteiger partial charge is 0.231 e. The Bertz CT molecular complexity index is 458. The van der Waals surface area contributed by atoms with Crippen molar-refractivity contribution in [2.75, 3.05) is 13.3 Å². The highest BCUT2D eigenvalue weighted by Crippen LogP contribution is 2.39. The zero-order valence-electron chi connectivity index (χ0n) is 11.9. The first-order chi connectivity index (χ1) is 9.28. The summed E-state index contributed by atoms with van der Waals surface area (Å²) in [6.07, 6.45) is 4.87. The molecule has 2 aliphatic heterocycles. The predicted octanol–water partition coefficient (Wildman–Crippen LogP) is 3.43. The van der Waals surface area contributed by atoms with E-state index in [-0.39, 0.29) is 0 Å². The van der Waals surface area contributed by atoms with Crippen LogP contribution in [0.3, 0.4) is 0 Å². The highest BCUT2D eigenvalue weighted by molar-refractivity contribution is 5.50. The molecular weight excluding hydrogens is 238 g/mol. The Morgan fingerprint density at radius 1 is 1.32 bits per heavy atom. The standard InChI is InChI=1S/C16H23NO2/c1-3-4-11(2)7-14-13-9-16-15(18-10-19-16)8-12(13)5-6-17-14/h8-9,11,14,17H,3-7,10H2,1-2H3. The quantitative estimate of drug-likeness (QED) is 0.900. The molecule has 3 nitrogen and oxygen atoms in total. The highest BCUT2D eigenvalue weighted by atomic mass is 16.7. The van der Waals surface area contributed by atoms with E-state index in [1.165, 1.54) is 30.4 Å². The van der Waals surface area contributed by atoms with Gasteiger partial charge in [-0.1, -0.05) is 26.7 Å². The molecule has 1 N–H and O–H groups in total. The molecule has 2 heterocycles. The summed E-state index contributed by atoms with van der Waals surface area (Å²) in [4.78, 5) is 0. The highest BCUT2D eigenvalue weighted by Gasteiger charge is 2.25. The van der Waals surface area contributed by atoms with E-state index in [0.29, 0.717) is 12.8 Å². The van der Waals surface area contributed by atoms with Gasteiger partial charge in [0.05, 0.1) is 0 Å². The van der Waals surface area contributed by atoms with E-state index in [2.05, 4.69) is 31.3 Å². The molecule has 0 aliphatic carbocycles. The van der Waals surface area contributed by atoms with Crippen molar-refractivity contribution in [3.63, 3.8) is 0 Å². The molecular formula is C16H23NO2. The van der Waals surface area contributed by atoms with Crippen LogP contribution in [0, 0.1) is 5.92 Å². The maximum absolute atomic E-state index is 5.52. The molecule has 2 aliphatic rings. The second-order valence-corrected chi connectivity index (χ2v) is 5.79. The molecule has 0 fully saturated rings. The van der Waals surface area contributed by atoms with E-state index in [1.807, 2.05) is 0 Å². The molecule has 0 spiro atoms. The summed E-state index contributed by atoms with van der Waals surface area (Å²) in [5, 5.41) is 3.66. The fourth-order valence-corrected chi connectivity index (χ4v) is 3.26. The SMILES string of the molecule is CCCC(C)CC1NCCc2cc3c(cc21)OCO3. The molecule has 0 saturated heterocycles. The van der Waals surface area contributed by atoms with Crippen molar-refractivity contribution >= 4 is 0 Å². The summed E-state index contributed by atoms with van der Waals surface area (Å²) < 4.78 is 11.0. The van der Waals surface area contributed by atoms with Gasteiger partial charge in [-0.05, 0) is 48.6 Å². The minimum Gasteiger partial charge on any atom is -0.454 e. The van der Waals surface area contributed by atoms with Crippen LogP contribution in [0.2, 0.25) is 0 Å².